The summed E-state index contributed by atoms with van der Waals surface area (Å²) in [6, 6.07) is 4.63. The molecule has 0 aliphatic rings. The highest BCUT2D eigenvalue weighted by Gasteiger charge is 2.74. The molecule has 22 heavy (non-hydrogen) atoms. The molecule has 9 heteroatoms. The second-order valence-corrected chi connectivity index (χ2v) is 5.21. The van der Waals surface area contributed by atoms with Gasteiger partial charge in [-0.1, -0.05) is 30.7 Å². The van der Waals surface area contributed by atoms with Gasteiger partial charge in [-0.2, -0.15) is 26.3 Å². The van der Waals surface area contributed by atoms with Crippen LogP contribution in [0.25, 0.3) is 0 Å². The molecule has 0 aromatic heterocycles. The summed E-state index contributed by atoms with van der Waals surface area (Å²) in [5.41, 5.74) is -5.23. The minimum atomic E-state index is -5.99. The lowest BCUT2D eigenvalue weighted by Crippen LogP contribution is -2.62. The van der Waals surface area contributed by atoms with Crippen LogP contribution in [0.5, 0.6) is 0 Å². The Morgan fingerprint density at radius 2 is 1.41 bits per heavy atom. The molecule has 126 valence electrons. The normalized spacial score (nSPS) is 16.5. The number of benzene rings is 1. The minimum Gasteiger partial charge on any atom is -0.388 e. The maximum absolute atomic E-state index is 12.9. The Morgan fingerprint density at radius 3 is 1.73 bits per heavy atom. The summed E-state index contributed by atoms with van der Waals surface area (Å²) in [5.74, 6) is -2.52. The topological polar surface area (TPSA) is 40.5 Å². The second-order valence-electron chi connectivity index (χ2n) is 4.77. The largest absolute Gasteiger partial charge is 0.426 e. The van der Waals surface area contributed by atoms with Crippen LogP contribution in [0, 0.1) is 5.92 Å². The first-order chi connectivity index (χ1) is 9.86. The fraction of sp³-hybridized carbons (Fsp3) is 0.538. The number of aliphatic hydroxyl groups is 2. The molecule has 0 radical (unpaired) electrons. The zero-order chi connectivity index (χ0) is 17.3. The molecule has 1 aromatic rings. The quantitative estimate of drug-likeness (QED) is 0.797. The van der Waals surface area contributed by atoms with Crippen molar-refractivity contribution in [2.75, 3.05) is 0 Å². The molecule has 0 unspecified atom stereocenters. The van der Waals surface area contributed by atoms with Crippen LogP contribution < -0.4 is 0 Å². The van der Waals surface area contributed by atoms with Crippen LogP contribution in [-0.2, 0) is 0 Å². The van der Waals surface area contributed by atoms with Crippen molar-refractivity contribution in [1.82, 2.24) is 0 Å². The Kier molecular flexibility index (Phi) is 5.42. The molecular formula is C13H13ClF6O2. The Bertz CT molecular complexity index is 483. The van der Waals surface area contributed by atoms with Crippen molar-refractivity contribution >= 4 is 11.6 Å². The molecule has 2 nitrogen and oxygen atoms in total. The number of alkyl halides is 6. The summed E-state index contributed by atoms with van der Waals surface area (Å²) >= 11 is 5.57. The zero-order valence-electron chi connectivity index (χ0n) is 11.2. The molecule has 0 aliphatic heterocycles. The van der Waals surface area contributed by atoms with Crippen molar-refractivity contribution in [3.8, 4) is 0 Å². The first-order valence-electron chi connectivity index (χ1n) is 6.15. The van der Waals surface area contributed by atoms with Gasteiger partial charge in [-0.3, -0.25) is 0 Å². The summed E-state index contributed by atoms with van der Waals surface area (Å²) in [7, 11) is 0. The van der Waals surface area contributed by atoms with Crippen molar-refractivity contribution in [3.05, 3.63) is 34.9 Å². The van der Waals surface area contributed by atoms with Gasteiger partial charge in [0.05, 0.1) is 6.10 Å². The molecule has 0 fully saturated rings. The highest BCUT2D eigenvalue weighted by Crippen LogP contribution is 2.52. The number of aliphatic hydroxyl groups excluding tert-OH is 1. The Labute approximate surface area is 127 Å². The average molecular weight is 351 g/mol. The molecule has 0 bridgehead atoms. The van der Waals surface area contributed by atoms with Gasteiger partial charge in [0.25, 0.3) is 5.60 Å². The lowest BCUT2D eigenvalue weighted by Gasteiger charge is -2.40. The van der Waals surface area contributed by atoms with Crippen LogP contribution >= 0.6 is 11.6 Å². The van der Waals surface area contributed by atoms with E-state index in [-0.39, 0.29) is 10.6 Å². The Balaban J connectivity index is 3.34. The minimum absolute atomic E-state index is 0.200. The molecule has 0 heterocycles. The Hall–Kier alpha value is -0.990. The summed E-state index contributed by atoms with van der Waals surface area (Å²) in [6.45, 7) is 1.02. The zero-order valence-corrected chi connectivity index (χ0v) is 12.0. The highest BCUT2D eigenvalue weighted by atomic mass is 35.5. The summed E-state index contributed by atoms with van der Waals surface area (Å²) in [5, 5.41) is 19.5. The summed E-state index contributed by atoms with van der Waals surface area (Å²) in [4.78, 5) is 0. The van der Waals surface area contributed by atoms with Crippen molar-refractivity contribution in [1.29, 1.82) is 0 Å². The van der Waals surface area contributed by atoms with Gasteiger partial charge in [0.2, 0.25) is 0 Å². The van der Waals surface area contributed by atoms with E-state index in [0.717, 1.165) is 19.1 Å². The molecule has 1 rings (SSSR count). The van der Waals surface area contributed by atoms with Crippen molar-refractivity contribution in [2.45, 2.75) is 37.4 Å². The van der Waals surface area contributed by atoms with Gasteiger partial charge in [-0.25, -0.2) is 0 Å². The maximum Gasteiger partial charge on any atom is 0.426 e. The van der Waals surface area contributed by atoms with Crippen LogP contribution in [0.1, 0.15) is 25.0 Å². The van der Waals surface area contributed by atoms with Gasteiger partial charge in [0.1, 0.15) is 0 Å². The molecule has 0 saturated carbocycles. The average Bonchev–Trinajstić information content (AvgIpc) is 2.37. The van der Waals surface area contributed by atoms with Gasteiger partial charge in [0.15, 0.2) is 0 Å². The van der Waals surface area contributed by atoms with E-state index in [4.69, 9.17) is 11.6 Å². The van der Waals surface area contributed by atoms with E-state index in [9.17, 15) is 36.6 Å². The maximum atomic E-state index is 12.9. The van der Waals surface area contributed by atoms with E-state index in [1.54, 1.807) is 0 Å². The molecule has 0 amide bonds. The first-order valence-corrected chi connectivity index (χ1v) is 6.53. The predicted molar refractivity (Wildman–Crippen MR) is 67.3 cm³/mol. The number of rotatable bonds is 4. The second kappa shape index (κ2) is 6.25. The van der Waals surface area contributed by atoms with Gasteiger partial charge < -0.3 is 10.2 Å². The van der Waals surface area contributed by atoms with Crippen LogP contribution in [0.4, 0.5) is 26.3 Å². The lowest BCUT2D eigenvalue weighted by atomic mass is 9.78. The van der Waals surface area contributed by atoms with Gasteiger partial charge in [-0.15, -0.1) is 0 Å². The van der Waals surface area contributed by atoms with Crippen LogP contribution in [0.2, 0.25) is 5.02 Å². The highest BCUT2D eigenvalue weighted by molar-refractivity contribution is 6.30. The number of hydrogen-bond donors (Lipinski definition) is 2. The standard InChI is InChI=1S/C13H13ClF6O2/c1-2-9(10(21)7-3-5-8(14)6-4-7)11(22,12(15,16)17)13(18,19)20/h3-6,9-10,21-22H,2H2,1H3/t9-,10-/m1/s1. The molecule has 2 atom stereocenters. The fourth-order valence-electron chi connectivity index (χ4n) is 2.22. The van der Waals surface area contributed by atoms with Gasteiger partial charge >= 0.3 is 12.4 Å². The van der Waals surface area contributed by atoms with Crippen LogP contribution in [0.3, 0.4) is 0 Å². The summed E-state index contributed by atoms with van der Waals surface area (Å²) in [6.07, 6.45) is -14.9. The number of hydrogen-bond acceptors (Lipinski definition) is 2. The molecule has 1 aromatic carbocycles. The van der Waals surface area contributed by atoms with E-state index in [0.29, 0.717) is 0 Å². The van der Waals surface area contributed by atoms with E-state index in [1.165, 1.54) is 12.1 Å². The van der Waals surface area contributed by atoms with E-state index in [1.807, 2.05) is 0 Å². The molecule has 2 N–H and O–H groups in total. The molecule has 0 spiro atoms. The number of halogens is 7. The lowest BCUT2D eigenvalue weighted by molar-refractivity contribution is -0.392. The molecular weight excluding hydrogens is 338 g/mol. The summed E-state index contributed by atoms with van der Waals surface area (Å²) < 4.78 is 77.3. The van der Waals surface area contributed by atoms with Crippen molar-refractivity contribution in [2.24, 2.45) is 5.92 Å². The third kappa shape index (κ3) is 3.33. The Morgan fingerprint density at radius 1 is 1.00 bits per heavy atom. The fourth-order valence-corrected chi connectivity index (χ4v) is 2.35. The first kappa shape index (κ1) is 19.1. The SMILES string of the molecule is CC[C@H]([C@H](O)c1ccc(Cl)cc1)C(O)(C(F)(F)F)C(F)(F)F. The monoisotopic (exact) mass is 350 g/mol. The predicted octanol–water partition coefficient (Wildman–Crippen LogP) is 4.26. The van der Waals surface area contributed by atoms with E-state index < -0.39 is 36.4 Å². The van der Waals surface area contributed by atoms with Crippen molar-refractivity contribution in [3.63, 3.8) is 0 Å². The smallest absolute Gasteiger partial charge is 0.388 e. The third-order valence-electron chi connectivity index (χ3n) is 3.43. The molecule has 0 saturated heterocycles. The van der Waals surface area contributed by atoms with Crippen LogP contribution in [0.15, 0.2) is 24.3 Å². The third-order valence-corrected chi connectivity index (χ3v) is 3.69. The van der Waals surface area contributed by atoms with Gasteiger partial charge in [-0.05, 0) is 24.1 Å². The van der Waals surface area contributed by atoms with Crippen molar-refractivity contribution < 1.29 is 36.6 Å². The van der Waals surface area contributed by atoms with Crippen LogP contribution in [-0.4, -0.2) is 28.2 Å². The van der Waals surface area contributed by atoms with E-state index in [2.05, 4.69) is 0 Å². The molecule has 0 aliphatic carbocycles. The van der Waals surface area contributed by atoms with E-state index >= 15 is 0 Å². The van der Waals surface area contributed by atoms with Gasteiger partial charge in [0, 0.05) is 10.9 Å².